The van der Waals surface area contributed by atoms with Gasteiger partial charge in [-0.1, -0.05) is 133 Å². The Balaban J connectivity index is 3.71. The van der Waals surface area contributed by atoms with Crippen molar-refractivity contribution in [3.8, 4) is 0 Å². The maximum absolute atomic E-state index is 12.3. The highest BCUT2D eigenvalue weighted by Gasteiger charge is 2.13. The monoisotopic (exact) mass is 630 g/mol. The van der Waals surface area contributed by atoms with E-state index in [1.54, 1.807) is 0 Å². The second-order valence-electron chi connectivity index (χ2n) is 13.0. The zero-order valence-electron chi connectivity index (χ0n) is 30.5. The Kier molecular flexibility index (Phi) is 35.5. The average molecular weight is 630 g/mol. The molecule has 0 amide bonds. The van der Waals surface area contributed by atoms with Gasteiger partial charge in [-0.15, -0.1) is 0 Å². The number of allylic oxidation sites excluding steroid dienone is 8. The molecule has 0 aliphatic rings. The summed E-state index contributed by atoms with van der Waals surface area (Å²) in [5.74, 6) is -0.0817. The molecular formula is C41H75NO3. The lowest BCUT2D eigenvalue weighted by Gasteiger charge is -2.21. The summed E-state index contributed by atoms with van der Waals surface area (Å²) in [5, 5.41) is 0. The van der Waals surface area contributed by atoms with Gasteiger partial charge in [0.2, 0.25) is 0 Å². The van der Waals surface area contributed by atoms with E-state index in [1.165, 1.54) is 109 Å². The van der Waals surface area contributed by atoms with Crippen molar-refractivity contribution in [1.29, 1.82) is 0 Å². The van der Waals surface area contributed by atoms with E-state index < -0.39 is 0 Å². The summed E-state index contributed by atoms with van der Waals surface area (Å²) in [6.07, 6.45) is 47.0. The molecule has 0 rings (SSSR count). The summed E-state index contributed by atoms with van der Waals surface area (Å²) in [6, 6.07) is 0. The van der Waals surface area contributed by atoms with E-state index in [9.17, 15) is 4.79 Å². The fourth-order valence-corrected chi connectivity index (χ4v) is 5.24. The highest BCUT2D eigenvalue weighted by Crippen LogP contribution is 2.11. The lowest BCUT2D eigenvalue weighted by molar-refractivity contribution is -0.148. The van der Waals surface area contributed by atoms with Crippen LogP contribution in [0.25, 0.3) is 0 Å². The number of ether oxygens (including phenoxy) is 2. The third-order valence-corrected chi connectivity index (χ3v) is 8.03. The van der Waals surface area contributed by atoms with Crippen LogP contribution < -0.4 is 0 Å². The summed E-state index contributed by atoms with van der Waals surface area (Å²) in [7, 11) is 4.09. The van der Waals surface area contributed by atoms with Crippen molar-refractivity contribution < 1.29 is 14.3 Å². The van der Waals surface area contributed by atoms with Crippen LogP contribution in [-0.4, -0.2) is 50.8 Å². The third-order valence-electron chi connectivity index (χ3n) is 8.03. The molecule has 4 nitrogen and oxygen atoms in total. The molecular weight excluding hydrogens is 554 g/mol. The first-order chi connectivity index (χ1) is 22.1. The first-order valence-corrected chi connectivity index (χ1v) is 19.1. The predicted octanol–water partition coefficient (Wildman–Crippen LogP) is 12.1. The number of hydrogen-bond acceptors (Lipinski definition) is 4. The van der Waals surface area contributed by atoms with Crippen LogP contribution in [0.5, 0.6) is 0 Å². The molecule has 262 valence electrons. The zero-order chi connectivity index (χ0) is 32.9. The van der Waals surface area contributed by atoms with Crippen molar-refractivity contribution in [3.63, 3.8) is 0 Å². The Morgan fingerprint density at radius 1 is 0.556 bits per heavy atom. The van der Waals surface area contributed by atoms with Crippen molar-refractivity contribution >= 4 is 5.97 Å². The van der Waals surface area contributed by atoms with Gasteiger partial charge < -0.3 is 14.4 Å². The van der Waals surface area contributed by atoms with E-state index in [0.29, 0.717) is 13.0 Å². The van der Waals surface area contributed by atoms with Crippen LogP contribution in [-0.2, 0) is 14.3 Å². The van der Waals surface area contributed by atoms with Crippen molar-refractivity contribution in [3.05, 3.63) is 48.6 Å². The number of carbonyl (C=O) groups is 1. The number of likely N-dealkylation sites (N-methyl/N-ethyl adjacent to an activating group) is 1. The fourth-order valence-electron chi connectivity index (χ4n) is 5.24. The summed E-state index contributed by atoms with van der Waals surface area (Å²) in [6.45, 7) is 6.39. The van der Waals surface area contributed by atoms with E-state index in [0.717, 1.165) is 51.7 Å². The van der Waals surface area contributed by atoms with E-state index in [4.69, 9.17) is 9.47 Å². The molecule has 45 heavy (non-hydrogen) atoms. The maximum atomic E-state index is 12.3. The van der Waals surface area contributed by atoms with Crippen LogP contribution in [0.15, 0.2) is 48.6 Å². The van der Waals surface area contributed by atoms with Crippen LogP contribution in [0.2, 0.25) is 0 Å². The fraction of sp³-hybridized carbons (Fsp3) is 0.780. The summed E-state index contributed by atoms with van der Waals surface area (Å²) in [4.78, 5) is 14.4. The van der Waals surface area contributed by atoms with Crippen LogP contribution in [0.3, 0.4) is 0 Å². The number of nitrogens with zero attached hydrogens (tertiary/aromatic N) is 1. The van der Waals surface area contributed by atoms with Gasteiger partial charge in [-0.3, -0.25) is 4.79 Å². The molecule has 0 bridgehead atoms. The zero-order valence-corrected chi connectivity index (χ0v) is 30.5. The molecule has 0 aromatic carbocycles. The Labute approximate surface area is 281 Å². The largest absolute Gasteiger partial charge is 0.463 e. The molecule has 0 fully saturated rings. The number of unbranched alkanes of at least 4 members (excludes halogenated alkanes) is 17. The van der Waals surface area contributed by atoms with Gasteiger partial charge in [-0.2, -0.15) is 0 Å². The highest BCUT2D eigenvalue weighted by molar-refractivity contribution is 5.69. The Morgan fingerprint density at radius 2 is 0.978 bits per heavy atom. The van der Waals surface area contributed by atoms with Gasteiger partial charge in [-0.05, 0) is 91.1 Å². The van der Waals surface area contributed by atoms with Gasteiger partial charge in [0.1, 0.15) is 12.7 Å². The molecule has 0 aliphatic carbocycles. The van der Waals surface area contributed by atoms with E-state index >= 15 is 0 Å². The lowest BCUT2D eigenvalue weighted by atomic mass is 10.1. The molecule has 0 saturated heterocycles. The number of esters is 1. The van der Waals surface area contributed by atoms with Crippen LogP contribution >= 0.6 is 0 Å². The molecule has 0 aliphatic heterocycles. The molecule has 0 radical (unpaired) electrons. The first-order valence-electron chi connectivity index (χ1n) is 19.1. The Morgan fingerprint density at radius 3 is 1.44 bits per heavy atom. The smallest absolute Gasteiger partial charge is 0.305 e. The third kappa shape index (κ3) is 36.7. The minimum absolute atomic E-state index is 0.0495. The number of hydrogen-bond donors (Lipinski definition) is 0. The molecule has 0 aromatic rings. The standard InChI is InChI=1S/C41H75NO3/c1-5-7-9-11-13-15-17-19-21-23-25-27-29-31-33-35-37-44-40(38-42(3)4)39-45-41(43)36-34-32-30-28-26-24-22-20-18-16-14-12-10-8-6-2/h13-16,19-22,40H,5-12,17-18,23-39H2,1-4H3. The maximum Gasteiger partial charge on any atom is 0.305 e. The topological polar surface area (TPSA) is 38.8 Å². The Hall–Kier alpha value is -1.65. The second-order valence-corrected chi connectivity index (χ2v) is 13.0. The van der Waals surface area contributed by atoms with Gasteiger partial charge in [-0.25, -0.2) is 0 Å². The summed E-state index contributed by atoms with van der Waals surface area (Å²) >= 11 is 0. The molecule has 0 spiro atoms. The minimum Gasteiger partial charge on any atom is -0.463 e. The van der Waals surface area contributed by atoms with Crippen LogP contribution in [0, 0.1) is 0 Å². The summed E-state index contributed by atoms with van der Waals surface area (Å²) < 4.78 is 11.7. The number of carbonyl (C=O) groups excluding carboxylic acids is 1. The summed E-state index contributed by atoms with van der Waals surface area (Å²) in [5.41, 5.74) is 0. The molecule has 0 aromatic heterocycles. The molecule has 4 heteroatoms. The van der Waals surface area contributed by atoms with Gasteiger partial charge in [0.25, 0.3) is 0 Å². The van der Waals surface area contributed by atoms with Crippen LogP contribution in [0.4, 0.5) is 0 Å². The van der Waals surface area contributed by atoms with Crippen molar-refractivity contribution in [2.45, 2.75) is 174 Å². The van der Waals surface area contributed by atoms with E-state index in [1.807, 2.05) is 14.1 Å². The Bertz CT molecular complexity index is 724. The minimum atomic E-state index is -0.0817. The SMILES string of the molecule is CCCCCC=CCC=CCCCCCCCCOC(COC(=O)CCCCCCCC=CCC=CCCCCC)CN(C)C. The second kappa shape index (κ2) is 36.8. The highest BCUT2D eigenvalue weighted by atomic mass is 16.6. The van der Waals surface area contributed by atoms with Gasteiger partial charge in [0.15, 0.2) is 0 Å². The molecule has 1 atom stereocenters. The lowest BCUT2D eigenvalue weighted by Crippen LogP contribution is -2.33. The quantitative estimate of drug-likeness (QED) is 0.0403. The van der Waals surface area contributed by atoms with Crippen molar-refractivity contribution in [2.75, 3.05) is 33.9 Å². The van der Waals surface area contributed by atoms with Gasteiger partial charge in [0.05, 0.1) is 0 Å². The molecule has 0 heterocycles. The molecule has 0 saturated carbocycles. The van der Waals surface area contributed by atoms with Crippen molar-refractivity contribution in [1.82, 2.24) is 4.90 Å². The van der Waals surface area contributed by atoms with Gasteiger partial charge in [0, 0.05) is 19.6 Å². The van der Waals surface area contributed by atoms with E-state index in [-0.39, 0.29) is 12.1 Å². The molecule has 1 unspecified atom stereocenters. The number of rotatable bonds is 34. The first kappa shape index (κ1) is 43.4. The van der Waals surface area contributed by atoms with Crippen molar-refractivity contribution in [2.24, 2.45) is 0 Å². The normalized spacial score (nSPS) is 13.0. The van der Waals surface area contributed by atoms with Crippen LogP contribution in [0.1, 0.15) is 168 Å². The molecule has 0 N–H and O–H groups in total. The average Bonchev–Trinajstić information content (AvgIpc) is 3.02. The predicted molar refractivity (Wildman–Crippen MR) is 198 cm³/mol. The van der Waals surface area contributed by atoms with E-state index in [2.05, 4.69) is 67.4 Å². The van der Waals surface area contributed by atoms with Gasteiger partial charge >= 0.3 is 5.97 Å².